The van der Waals surface area contributed by atoms with E-state index in [-0.39, 0.29) is 9.40 Å². The van der Waals surface area contributed by atoms with E-state index in [1.54, 1.807) is 0 Å². The number of aromatic nitrogens is 5. The van der Waals surface area contributed by atoms with Gasteiger partial charge in [0.25, 0.3) is 0 Å². The van der Waals surface area contributed by atoms with Gasteiger partial charge in [-0.05, 0) is 41.3 Å². The molecule has 6 heteroatoms. The van der Waals surface area contributed by atoms with Gasteiger partial charge in [-0.1, -0.05) is 157 Å². The van der Waals surface area contributed by atoms with Gasteiger partial charge in [0.15, 0.2) is 11.6 Å². The smallest absolute Gasteiger partial charge is 0.238 e. The van der Waals surface area contributed by atoms with Crippen LogP contribution in [0.1, 0.15) is 42.5 Å². The second-order valence-corrected chi connectivity index (χ2v) is 13.1. The molecule has 0 saturated heterocycles. The number of fused-ring (bicyclic) bond motifs is 10. The van der Waals surface area contributed by atoms with E-state index in [0.717, 1.165) is 9.13 Å². The number of benzene rings is 8. The molecule has 0 N–H and O–H groups in total. The van der Waals surface area contributed by atoms with Crippen LogP contribution in [0.5, 0.6) is 0 Å². The van der Waals surface area contributed by atoms with E-state index in [0.29, 0.717) is 11.3 Å². The summed E-state index contributed by atoms with van der Waals surface area (Å²) in [7, 11) is 0. The molecule has 0 atom stereocenters. The molecular formula is C51H31N5S. The van der Waals surface area contributed by atoms with Crippen molar-refractivity contribution in [1.82, 2.24) is 24.1 Å². The third-order valence-corrected chi connectivity index (χ3v) is 10.1. The minimum absolute atomic E-state index is 0.292. The van der Waals surface area contributed by atoms with Gasteiger partial charge in [-0.2, -0.15) is 9.97 Å². The van der Waals surface area contributed by atoms with Gasteiger partial charge in [-0.15, -0.1) is 11.3 Å². The molecule has 0 aliphatic rings. The van der Waals surface area contributed by atoms with E-state index in [9.17, 15) is 12.3 Å². The summed E-state index contributed by atoms with van der Waals surface area (Å²) < 4.78 is 283. The summed E-state index contributed by atoms with van der Waals surface area (Å²) >= 11 is 0.518. The highest BCUT2D eigenvalue weighted by atomic mass is 32.1. The van der Waals surface area contributed by atoms with Crippen LogP contribution in [0.25, 0.3) is 109 Å². The molecule has 0 aliphatic heterocycles. The zero-order chi connectivity index (χ0) is 64.4. The number of hydrogen-bond donors (Lipinski definition) is 0. The SMILES string of the molecule is [2H]c1c([2H])c([2H])c(-c2nc(-c3c([2H])c([2H])c([2H])c([2H])c3[2H])nc(-n3c4c([2H])c([2H])c([2H])c([2H])c4c4c([2H])c([2H])c5c6c([2H])c([2H])c([2H])c([2H])c6n(-c6c([2H])c(-c7c([2H])c([2H])c([2H])c([2H])c7[2H])c([2H])c7c6sc6c([2H])c([2H])c([2H])c([2H])c67)c5c43)n2)c([2H])c1[2H]. The zero-order valence-electron chi connectivity index (χ0n) is 59.1. The van der Waals surface area contributed by atoms with Crippen molar-refractivity contribution in [3.05, 3.63) is 187 Å². The van der Waals surface area contributed by atoms with E-state index in [1.807, 2.05) is 0 Å². The van der Waals surface area contributed by atoms with Gasteiger partial charge >= 0.3 is 0 Å². The molecule has 0 amide bonds. The molecule has 0 spiro atoms. The van der Waals surface area contributed by atoms with Crippen LogP contribution < -0.4 is 0 Å². The maximum absolute atomic E-state index is 10.4. The third kappa shape index (κ3) is 4.91. The van der Waals surface area contributed by atoms with Crippen LogP contribution in [0.3, 0.4) is 0 Å². The molecular weight excluding hydrogens is 715 g/mol. The Bertz CT molecular complexity index is 5190. The summed E-state index contributed by atoms with van der Waals surface area (Å²) in [4.78, 5) is 13.4. The van der Waals surface area contributed by atoms with E-state index < -0.39 is 287 Å². The summed E-state index contributed by atoms with van der Waals surface area (Å²) in [5.41, 5.74) is -6.69. The van der Waals surface area contributed by atoms with Crippen molar-refractivity contribution < 1.29 is 42.5 Å². The fourth-order valence-electron chi connectivity index (χ4n) is 6.74. The van der Waals surface area contributed by atoms with E-state index >= 15 is 0 Å². The lowest BCUT2D eigenvalue weighted by Crippen LogP contribution is -2.07. The normalized spacial score (nSPS) is 19.5. The van der Waals surface area contributed by atoms with Crippen molar-refractivity contribution in [3.8, 4) is 45.5 Å². The second kappa shape index (κ2) is 12.6. The summed E-state index contributed by atoms with van der Waals surface area (Å²) in [6, 6.07) is -28.7. The lowest BCUT2D eigenvalue weighted by Gasteiger charge is -2.15. The highest BCUT2D eigenvalue weighted by molar-refractivity contribution is 7.26. The average molecular weight is 777 g/mol. The van der Waals surface area contributed by atoms with Gasteiger partial charge < -0.3 is 4.57 Å². The van der Waals surface area contributed by atoms with Crippen LogP contribution >= 0.6 is 11.3 Å². The molecule has 5 nitrogen and oxygen atoms in total. The lowest BCUT2D eigenvalue weighted by molar-refractivity contribution is 0.953. The number of rotatable bonds is 5. The summed E-state index contributed by atoms with van der Waals surface area (Å²) in [5, 5.41) is -3.41. The number of hydrogen-bond acceptors (Lipinski definition) is 4. The Morgan fingerprint density at radius 1 is 0.386 bits per heavy atom. The lowest BCUT2D eigenvalue weighted by atomic mass is 10.0. The second-order valence-electron chi connectivity index (χ2n) is 12.1. The van der Waals surface area contributed by atoms with E-state index in [2.05, 4.69) is 15.0 Å². The monoisotopic (exact) mass is 776 g/mol. The van der Waals surface area contributed by atoms with Gasteiger partial charge in [0.2, 0.25) is 5.95 Å². The minimum atomic E-state index is -1.00. The Labute approximate surface area is 374 Å². The van der Waals surface area contributed by atoms with Gasteiger partial charge in [0.05, 0.1) is 74.9 Å². The molecule has 0 radical (unpaired) electrons. The van der Waals surface area contributed by atoms with Crippen LogP contribution in [-0.2, 0) is 0 Å². The van der Waals surface area contributed by atoms with Crippen molar-refractivity contribution >= 4 is 75.1 Å². The van der Waals surface area contributed by atoms with Gasteiger partial charge in [-0.3, -0.25) is 4.57 Å². The molecule has 0 aliphatic carbocycles. The first-order valence-electron chi connectivity index (χ1n) is 32.1. The molecule has 4 heterocycles. The van der Waals surface area contributed by atoms with Crippen LogP contribution in [0.4, 0.5) is 0 Å². The van der Waals surface area contributed by atoms with Crippen molar-refractivity contribution in [2.75, 3.05) is 0 Å². The fraction of sp³-hybridized carbons (Fsp3) is 0. The Morgan fingerprint density at radius 2 is 0.877 bits per heavy atom. The maximum Gasteiger partial charge on any atom is 0.238 e. The first kappa shape index (κ1) is 14.0. The van der Waals surface area contributed by atoms with Crippen LogP contribution in [-0.4, -0.2) is 24.1 Å². The predicted octanol–water partition coefficient (Wildman–Crippen LogP) is 13.4. The van der Waals surface area contributed by atoms with Crippen LogP contribution in [0, 0.1) is 0 Å². The molecule has 57 heavy (non-hydrogen) atoms. The Morgan fingerprint density at radius 3 is 1.49 bits per heavy atom. The highest BCUT2D eigenvalue weighted by Gasteiger charge is 2.25. The first-order valence-corrected chi connectivity index (χ1v) is 17.4. The Kier molecular flexibility index (Phi) is 3.08. The zero-order valence-corrected chi connectivity index (χ0v) is 29.0. The standard InChI is InChI=1S/C51H31N5S/c1-4-16-32(17-5-1)35-30-41-38-24-12-15-27-45(38)57-48(41)44(31-35)55-42-25-13-10-22-36(42)39-28-29-40-37-23-11-14-26-43(37)56(47(40)46(39)55)51-53-49(33-18-6-2-7-19-33)52-50(54-51)34-20-8-3-9-21-34/h1-31H/i1D,2D,3D,4D,5D,6D,7D,8D,9D,10D,11D,12D,13D,14D,15D,16D,17D,18D,19D,20D,21D,22D,23D,24D,25D,26D,27D,28D,29D,30D,31D. The van der Waals surface area contributed by atoms with Crippen LogP contribution in [0.15, 0.2) is 187 Å². The Hall–Kier alpha value is -7.41. The highest BCUT2D eigenvalue weighted by Crippen LogP contribution is 2.46. The van der Waals surface area contributed by atoms with Crippen molar-refractivity contribution in [1.29, 1.82) is 0 Å². The van der Waals surface area contributed by atoms with E-state index in [4.69, 9.17) is 30.2 Å². The molecule has 4 aromatic heterocycles. The van der Waals surface area contributed by atoms with Gasteiger partial charge in [-0.25, -0.2) is 4.98 Å². The van der Waals surface area contributed by atoms with Gasteiger partial charge in [0.1, 0.15) is 0 Å². The van der Waals surface area contributed by atoms with Crippen LogP contribution in [0.2, 0.25) is 0 Å². The molecule has 0 saturated carbocycles. The minimum Gasteiger partial charge on any atom is -0.306 e. The largest absolute Gasteiger partial charge is 0.306 e. The predicted molar refractivity (Wildman–Crippen MR) is 238 cm³/mol. The summed E-state index contributed by atoms with van der Waals surface area (Å²) in [5.74, 6) is -2.79. The molecule has 12 rings (SSSR count). The van der Waals surface area contributed by atoms with E-state index in [1.165, 1.54) is 0 Å². The third-order valence-electron chi connectivity index (χ3n) is 9.03. The maximum atomic E-state index is 10.4. The fourth-order valence-corrected chi connectivity index (χ4v) is 7.80. The quantitative estimate of drug-likeness (QED) is 0.175. The molecule has 8 aromatic carbocycles. The molecule has 266 valence electrons. The van der Waals surface area contributed by atoms with Gasteiger partial charge in [0, 0.05) is 48.1 Å². The van der Waals surface area contributed by atoms with Crippen molar-refractivity contribution in [2.45, 2.75) is 0 Å². The summed E-state index contributed by atoms with van der Waals surface area (Å²) in [6.45, 7) is 0. The summed E-state index contributed by atoms with van der Waals surface area (Å²) in [6.07, 6.45) is 0. The Balaban J connectivity index is 1.46. The molecule has 12 aromatic rings. The number of para-hydroxylation sites is 2. The molecule has 0 fully saturated rings. The molecule has 0 unspecified atom stereocenters. The average Bonchev–Trinajstić information content (AvgIpc) is 1.51. The number of nitrogens with zero attached hydrogens (tertiary/aromatic N) is 5. The van der Waals surface area contributed by atoms with Crippen molar-refractivity contribution in [2.24, 2.45) is 0 Å². The number of thiophene rings is 1. The topological polar surface area (TPSA) is 48.5 Å². The van der Waals surface area contributed by atoms with Crippen molar-refractivity contribution in [3.63, 3.8) is 0 Å². The first-order chi connectivity index (χ1) is 41.2. The molecule has 0 bridgehead atoms.